The molecule has 0 saturated carbocycles. The van der Waals surface area contributed by atoms with E-state index in [9.17, 15) is 9.59 Å². The van der Waals surface area contributed by atoms with Crippen LogP contribution < -0.4 is 5.32 Å². The third-order valence-corrected chi connectivity index (χ3v) is 6.08. The number of thioether (sulfide) groups is 1. The number of ketones is 1. The molecule has 0 spiro atoms. The van der Waals surface area contributed by atoms with Gasteiger partial charge in [-0.1, -0.05) is 65.8 Å². The van der Waals surface area contributed by atoms with E-state index in [1.165, 1.54) is 18.7 Å². The van der Waals surface area contributed by atoms with Crippen molar-refractivity contribution < 1.29 is 9.59 Å². The summed E-state index contributed by atoms with van der Waals surface area (Å²) in [5.74, 6) is 0.535. The van der Waals surface area contributed by atoms with E-state index in [2.05, 4.69) is 15.5 Å². The molecule has 0 radical (unpaired) electrons. The molecule has 0 aliphatic heterocycles. The van der Waals surface area contributed by atoms with Crippen LogP contribution in [0.15, 0.2) is 84.0 Å². The van der Waals surface area contributed by atoms with Crippen LogP contribution in [0.25, 0.3) is 5.69 Å². The number of nitrogens with one attached hydrogen (secondary N) is 1. The Morgan fingerprint density at radius 2 is 1.64 bits per heavy atom. The molecule has 1 amide bonds. The van der Waals surface area contributed by atoms with E-state index in [4.69, 9.17) is 11.6 Å². The number of benzene rings is 3. The molecule has 3 aromatic carbocycles. The summed E-state index contributed by atoms with van der Waals surface area (Å²) in [5.41, 5.74) is 2.94. The van der Waals surface area contributed by atoms with E-state index >= 15 is 0 Å². The number of nitrogens with zero attached hydrogens (tertiary/aromatic N) is 3. The maximum absolute atomic E-state index is 12.6. The van der Waals surface area contributed by atoms with Crippen molar-refractivity contribution in [2.75, 3.05) is 11.1 Å². The smallest absolute Gasteiger partial charge is 0.234 e. The van der Waals surface area contributed by atoms with E-state index in [1.54, 1.807) is 24.3 Å². The minimum Gasteiger partial charge on any atom is -0.325 e. The van der Waals surface area contributed by atoms with Crippen LogP contribution in [0.5, 0.6) is 0 Å². The van der Waals surface area contributed by atoms with Crippen LogP contribution >= 0.6 is 23.4 Å². The van der Waals surface area contributed by atoms with Crippen molar-refractivity contribution in [2.45, 2.75) is 18.5 Å². The van der Waals surface area contributed by atoms with E-state index < -0.39 is 0 Å². The maximum atomic E-state index is 12.6. The fraction of sp³-hybridized carbons (Fsp3) is 0.120. The average Bonchev–Trinajstić information content (AvgIpc) is 3.21. The predicted molar refractivity (Wildman–Crippen MR) is 131 cm³/mol. The highest BCUT2D eigenvalue weighted by atomic mass is 35.5. The number of aromatic nitrogens is 3. The Balaban J connectivity index is 1.55. The lowest BCUT2D eigenvalue weighted by Crippen LogP contribution is -2.16. The summed E-state index contributed by atoms with van der Waals surface area (Å²) in [6, 6.07) is 24.4. The zero-order chi connectivity index (χ0) is 23.2. The van der Waals surface area contributed by atoms with E-state index in [0.717, 1.165) is 17.1 Å². The van der Waals surface area contributed by atoms with Gasteiger partial charge < -0.3 is 5.32 Å². The molecule has 1 N–H and O–H groups in total. The van der Waals surface area contributed by atoms with Crippen LogP contribution in [-0.2, 0) is 11.2 Å². The van der Waals surface area contributed by atoms with Crippen LogP contribution in [0.3, 0.4) is 0 Å². The molecule has 0 atom stereocenters. The predicted octanol–water partition coefficient (Wildman–Crippen LogP) is 5.44. The first-order chi connectivity index (χ1) is 16.0. The van der Waals surface area contributed by atoms with Crippen LogP contribution in [0.4, 0.5) is 5.69 Å². The van der Waals surface area contributed by atoms with Crippen molar-refractivity contribution in [2.24, 2.45) is 0 Å². The first-order valence-corrected chi connectivity index (χ1v) is 11.6. The fourth-order valence-electron chi connectivity index (χ4n) is 3.35. The summed E-state index contributed by atoms with van der Waals surface area (Å²) < 4.78 is 1.94. The highest BCUT2D eigenvalue weighted by Crippen LogP contribution is 2.25. The van der Waals surface area contributed by atoms with Crippen molar-refractivity contribution in [3.63, 3.8) is 0 Å². The first kappa shape index (κ1) is 22.8. The van der Waals surface area contributed by atoms with Gasteiger partial charge in [-0.15, -0.1) is 10.2 Å². The second-order valence-electron chi connectivity index (χ2n) is 7.31. The van der Waals surface area contributed by atoms with Crippen molar-refractivity contribution in [1.82, 2.24) is 14.8 Å². The largest absolute Gasteiger partial charge is 0.325 e. The minimum atomic E-state index is -0.232. The summed E-state index contributed by atoms with van der Waals surface area (Å²) in [6.45, 7) is 1.47. The van der Waals surface area contributed by atoms with Gasteiger partial charge in [-0.25, -0.2) is 0 Å². The standard InChI is InChI=1S/C25H21ClN4O2S/c1-17(31)21-9-5-6-10-22(21)27-24(32)16-33-25-29-28-23(15-18-7-3-2-4-8-18)30(25)20-13-11-19(26)12-14-20/h2-14H,15-16H2,1H3,(H,27,32). The number of carbonyl (C=O) groups is 2. The van der Waals surface area contributed by atoms with Gasteiger partial charge in [0.2, 0.25) is 5.91 Å². The SMILES string of the molecule is CC(=O)c1ccccc1NC(=O)CSc1nnc(Cc2ccccc2)n1-c1ccc(Cl)cc1. The quantitative estimate of drug-likeness (QED) is 0.270. The molecular weight excluding hydrogens is 456 g/mol. The summed E-state index contributed by atoms with van der Waals surface area (Å²) in [4.78, 5) is 24.5. The number of rotatable bonds is 8. The summed E-state index contributed by atoms with van der Waals surface area (Å²) >= 11 is 7.35. The third kappa shape index (κ3) is 5.69. The normalized spacial score (nSPS) is 10.7. The van der Waals surface area contributed by atoms with Crippen molar-refractivity contribution in [3.8, 4) is 5.69 Å². The van der Waals surface area contributed by atoms with Gasteiger partial charge in [0.15, 0.2) is 10.9 Å². The van der Waals surface area contributed by atoms with Crippen LogP contribution in [-0.4, -0.2) is 32.2 Å². The lowest BCUT2D eigenvalue weighted by atomic mass is 10.1. The minimum absolute atomic E-state index is 0.105. The van der Waals surface area contributed by atoms with Crippen molar-refractivity contribution in [3.05, 3.63) is 101 Å². The highest BCUT2D eigenvalue weighted by molar-refractivity contribution is 7.99. The van der Waals surface area contributed by atoms with Gasteiger partial charge in [-0.2, -0.15) is 0 Å². The maximum Gasteiger partial charge on any atom is 0.234 e. The van der Waals surface area contributed by atoms with E-state index in [0.29, 0.717) is 27.9 Å². The summed E-state index contributed by atoms with van der Waals surface area (Å²) in [5, 5.41) is 12.8. The molecule has 1 heterocycles. The number of hydrogen-bond acceptors (Lipinski definition) is 5. The number of Topliss-reactive ketones (excluding diaryl/α,β-unsaturated/α-hetero) is 1. The summed E-state index contributed by atoms with van der Waals surface area (Å²) in [7, 11) is 0. The molecule has 0 fully saturated rings. The molecular formula is C25H21ClN4O2S. The number of para-hydroxylation sites is 1. The van der Waals surface area contributed by atoms with Crippen molar-refractivity contribution in [1.29, 1.82) is 0 Å². The monoisotopic (exact) mass is 476 g/mol. The number of halogens is 1. The molecule has 4 aromatic rings. The van der Waals surface area contributed by atoms with E-state index in [1.807, 2.05) is 59.2 Å². The summed E-state index contributed by atoms with van der Waals surface area (Å²) in [6.07, 6.45) is 0.592. The van der Waals surface area contributed by atoms with Gasteiger partial charge in [-0.05, 0) is 48.9 Å². The molecule has 0 saturated heterocycles. The zero-order valence-corrected chi connectivity index (χ0v) is 19.4. The van der Waals surface area contributed by atoms with Crippen LogP contribution in [0.2, 0.25) is 5.02 Å². The number of hydrogen-bond donors (Lipinski definition) is 1. The fourth-order valence-corrected chi connectivity index (χ4v) is 4.25. The topological polar surface area (TPSA) is 76.9 Å². The van der Waals surface area contributed by atoms with Gasteiger partial charge in [0, 0.05) is 22.7 Å². The molecule has 0 aliphatic rings. The first-order valence-electron chi connectivity index (χ1n) is 10.3. The molecule has 1 aromatic heterocycles. The third-order valence-electron chi connectivity index (χ3n) is 4.90. The second kappa shape index (κ2) is 10.5. The Hall–Kier alpha value is -3.42. The molecule has 8 heteroatoms. The van der Waals surface area contributed by atoms with Crippen molar-refractivity contribution >= 4 is 40.7 Å². The second-order valence-corrected chi connectivity index (χ2v) is 8.69. The Bertz CT molecular complexity index is 1270. The molecule has 166 valence electrons. The number of anilines is 1. The lowest BCUT2D eigenvalue weighted by molar-refractivity contribution is -0.113. The molecule has 0 unspecified atom stereocenters. The lowest BCUT2D eigenvalue weighted by Gasteiger charge is -2.11. The molecule has 4 rings (SSSR count). The number of carbonyl (C=O) groups excluding carboxylic acids is 2. The van der Waals surface area contributed by atoms with Gasteiger partial charge in [0.05, 0.1) is 11.4 Å². The average molecular weight is 477 g/mol. The van der Waals surface area contributed by atoms with Gasteiger partial charge in [-0.3, -0.25) is 14.2 Å². The Kier molecular flexibility index (Phi) is 7.22. The Morgan fingerprint density at radius 1 is 0.939 bits per heavy atom. The highest BCUT2D eigenvalue weighted by Gasteiger charge is 2.17. The zero-order valence-electron chi connectivity index (χ0n) is 17.9. The van der Waals surface area contributed by atoms with Crippen LogP contribution in [0.1, 0.15) is 28.7 Å². The molecule has 0 aliphatic carbocycles. The number of amides is 1. The Labute approximate surface area is 201 Å². The van der Waals surface area contributed by atoms with Gasteiger partial charge >= 0.3 is 0 Å². The van der Waals surface area contributed by atoms with Crippen LogP contribution in [0, 0.1) is 0 Å². The van der Waals surface area contributed by atoms with E-state index in [-0.39, 0.29) is 17.4 Å². The molecule has 33 heavy (non-hydrogen) atoms. The molecule has 0 bridgehead atoms. The van der Waals surface area contributed by atoms with Gasteiger partial charge in [0.25, 0.3) is 0 Å². The Morgan fingerprint density at radius 3 is 2.36 bits per heavy atom. The van der Waals surface area contributed by atoms with Gasteiger partial charge in [0.1, 0.15) is 5.82 Å². The molecule has 6 nitrogen and oxygen atoms in total.